The molecule has 7 heteroatoms. The maximum absolute atomic E-state index is 12.7. The third-order valence-corrected chi connectivity index (χ3v) is 4.95. The van der Waals surface area contributed by atoms with E-state index in [2.05, 4.69) is 0 Å². The van der Waals surface area contributed by atoms with Gasteiger partial charge in [-0.15, -0.1) is 0 Å². The van der Waals surface area contributed by atoms with Gasteiger partial charge in [0.05, 0.1) is 5.69 Å². The van der Waals surface area contributed by atoms with Crippen LogP contribution in [0.4, 0.5) is 5.69 Å². The zero-order valence-corrected chi connectivity index (χ0v) is 15.4. The van der Waals surface area contributed by atoms with Crippen molar-refractivity contribution < 1.29 is 19.1 Å². The van der Waals surface area contributed by atoms with Crippen LogP contribution >= 0.6 is 0 Å². The minimum absolute atomic E-state index is 0.0432. The molecule has 0 N–H and O–H groups in total. The molecule has 1 aromatic carbocycles. The Balaban J connectivity index is 1.86. The number of likely N-dealkylation sites (tertiary alicyclic amines) is 1. The average Bonchev–Trinajstić information content (AvgIpc) is 3.19. The number of carbonyl (C=O) groups is 3. The van der Waals surface area contributed by atoms with Gasteiger partial charge in [-0.3, -0.25) is 19.3 Å². The van der Waals surface area contributed by atoms with Crippen molar-refractivity contribution in [2.45, 2.75) is 26.7 Å². The average molecular weight is 359 g/mol. The van der Waals surface area contributed by atoms with Crippen molar-refractivity contribution in [1.82, 2.24) is 9.80 Å². The number of benzene rings is 1. The van der Waals surface area contributed by atoms with E-state index in [-0.39, 0.29) is 30.9 Å². The quantitative estimate of drug-likeness (QED) is 0.799. The summed E-state index contributed by atoms with van der Waals surface area (Å²) in [5, 5.41) is 0. The zero-order valence-electron chi connectivity index (χ0n) is 15.4. The fraction of sp³-hybridized carbons (Fsp3) is 0.526. The Morgan fingerprint density at radius 2 is 1.85 bits per heavy atom. The maximum atomic E-state index is 12.7. The Hall–Kier alpha value is -2.57. The summed E-state index contributed by atoms with van der Waals surface area (Å²) in [5.41, 5.74) is 1.01. The van der Waals surface area contributed by atoms with E-state index in [0.717, 1.165) is 25.9 Å². The van der Waals surface area contributed by atoms with Crippen LogP contribution in [-0.2, 0) is 9.59 Å². The summed E-state index contributed by atoms with van der Waals surface area (Å²) >= 11 is 0. The predicted molar refractivity (Wildman–Crippen MR) is 97.4 cm³/mol. The molecule has 0 aliphatic carbocycles. The molecule has 1 aromatic rings. The molecule has 0 radical (unpaired) electrons. The van der Waals surface area contributed by atoms with Crippen molar-refractivity contribution in [2.75, 3.05) is 44.2 Å². The van der Waals surface area contributed by atoms with Crippen molar-refractivity contribution in [3.63, 3.8) is 0 Å². The minimum Gasteiger partial charge on any atom is -0.482 e. The second kappa shape index (κ2) is 7.76. The fourth-order valence-electron chi connectivity index (χ4n) is 3.42. The number of nitrogens with zero attached hydrogens (tertiary/aromatic N) is 3. The van der Waals surface area contributed by atoms with Crippen LogP contribution in [0.15, 0.2) is 18.2 Å². The molecule has 0 atom stereocenters. The van der Waals surface area contributed by atoms with Gasteiger partial charge in [-0.25, -0.2) is 0 Å². The summed E-state index contributed by atoms with van der Waals surface area (Å²) in [4.78, 5) is 42.4. The summed E-state index contributed by atoms with van der Waals surface area (Å²) in [5.74, 6) is 0.0875. The first-order valence-electron chi connectivity index (χ1n) is 9.19. The van der Waals surface area contributed by atoms with E-state index < -0.39 is 0 Å². The van der Waals surface area contributed by atoms with Crippen LogP contribution < -0.4 is 9.64 Å². The number of carbonyl (C=O) groups excluding carboxylic acids is 3. The topological polar surface area (TPSA) is 70.2 Å². The summed E-state index contributed by atoms with van der Waals surface area (Å²) in [6.45, 7) is 6.37. The number of hydrogen-bond donors (Lipinski definition) is 0. The molecule has 3 rings (SSSR count). The first kappa shape index (κ1) is 18.2. The number of amides is 3. The maximum Gasteiger partial charge on any atom is 0.265 e. The number of ether oxygens (including phenoxy) is 1. The zero-order chi connectivity index (χ0) is 18.7. The lowest BCUT2D eigenvalue weighted by molar-refractivity contribution is -0.131. The van der Waals surface area contributed by atoms with Gasteiger partial charge in [0.2, 0.25) is 5.91 Å². The number of likely N-dealkylation sites (N-methyl/N-ethyl adjacent to an activating group) is 1. The molecule has 2 aliphatic heterocycles. The second-order valence-corrected chi connectivity index (χ2v) is 6.52. The lowest BCUT2D eigenvalue weighted by atomic mass is 10.1. The van der Waals surface area contributed by atoms with Crippen molar-refractivity contribution >= 4 is 23.4 Å². The minimum atomic E-state index is -0.274. The van der Waals surface area contributed by atoms with Crippen molar-refractivity contribution in [2.24, 2.45) is 0 Å². The van der Waals surface area contributed by atoms with Gasteiger partial charge >= 0.3 is 0 Å². The molecule has 7 nitrogen and oxygen atoms in total. The van der Waals surface area contributed by atoms with Crippen LogP contribution in [-0.4, -0.2) is 66.9 Å². The molecule has 2 heterocycles. The highest BCUT2D eigenvalue weighted by atomic mass is 16.5. The van der Waals surface area contributed by atoms with Crippen LogP contribution in [0.2, 0.25) is 0 Å². The molecule has 0 spiro atoms. The van der Waals surface area contributed by atoms with E-state index in [1.165, 1.54) is 4.90 Å². The Kier molecular flexibility index (Phi) is 5.44. The van der Waals surface area contributed by atoms with Crippen LogP contribution in [0.1, 0.15) is 37.0 Å². The third kappa shape index (κ3) is 3.52. The van der Waals surface area contributed by atoms with Gasteiger partial charge in [-0.05, 0) is 44.9 Å². The van der Waals surface area contributed by atoms with E-state index in [1.54, 1.807) is 23.1 Å². The highest BCUT2D eigenvalue weighted by molar-refractivity contribution is 6.04. The van der Waals surface area contributed by atoms with Gasteiger partial charge in [0, 0.05) is 31.7 Å². The van der Waals surface area contributed by atoms with Gasteiger partial charge in [0.1, 0.15) is 12.3 Å². The van der Waals surface area contributed by atoms with Crippen LogP contribution in [0, 0.1) is 0 Å². The molecule has 1 saturated heterocycles. The van der Waals surface area contributed by atoms with Crippen LogP contribution in [0.3, 0.4) is 0 Å². The number of hydrogen-bond acceptors (Lipinski definition) is 4. The molecule has 26 heavy (non-hydrogen) atoms. The molecule has 0 bridgehead atoms. The van der Waals surface area contributed by atoms with Gasteiger partial charge in [0.15, 0.2) is 6.61 Å². The highest BCUT2D eigenvalue weighted by Crippen LogP contribution is 2.33. The molecule has 140 valence electrons. The van der Waals surface area contributed by atoms with Gasteiger partial charge in [-0.1, -0.05) is 0 Å². The SMILES string of the molecule is CCN(CC)C(=O)CN1C(=O)COc2ccc(C(=O)N3CCCC3)cc21. The molecular weight excluding hydrogens is 334 g/mol. The van der Waals surface area contributed by atoms with E-state index in [1.807, 2.05) is 18.7 Å². The first-order chi connectivity index (χ1) is 12.5. The predicted octanol–water partition coefficient (Wildman–Crippen LogP) is 1.52. The van der Waals surface area contributed by atoms with Gasteiger partial charge < -0.3 is 14.5 Å². The molecule has 0 saturated carbocycles. The monoisotopic (exact) mass is 359 g/mol. The van der Waals surface area contributed by atoms with E-state index in [0.29, 0.717) is 30.1 Å². The Labute approximate surface area is 153 Å². The first-order valence-corrected chi connectivity index (χ1v) is 9.19. The highest BCUT2D eigenvalue weighted by Gasteiger charge is 2.30. The summed E-state index contributed by atoms with van der Waals surface area (Å²) in [7, 11) is 0. The smallest absolute Gasteiger partial charge is 0.265 e. The van der Waals surface area contributed by atoms with Gasteiger partial charge in [0.25, 0.3) is 11.8 Å². The van der Waals surface area contributed by atoms with Crippen molar-refractivity contribution in [1.29, 1.82) is 0 Å². The molecule has 1 fully saturated rings. The molecule has 0 unspecified atom stereocenters. The number of rotatable bonds is 5. The standard InChI is InChI=1S/C19H25N3O4/c1-3-20(4-2)17(23)12-22-15-11-14(19(25)21-9-5-6-10-21)7-8-16(15)26-13-18(22)24/h7-8,11H,3-6,9-10,12-13H2,1-2H3. The Bertz CT molecular complexity index is 709. The fourth-order valence-corrected chi connectivity index (χ4v) is 3.42. The molecule has 3 amide bonds. The number of anilines is 1. The van der Waals surface area contributed by atoms with Crippen LogP contribution in [0.25, 0.3) is 0 Å². The molecule has 2 aliphatic rings. The largest absolute Gasteiger partial charge is 0.482 e. The third-order valence-electron chi connectivity index (χ3n) is 4.95. The van der Waals surface area contributed by atoms with E-state index in [4.69, 9.17) is 4.74 Å². The van der Waals surface area contributed by atoms with E-state index in [9.17, 15) is 14.4 Å². The Morgan fingerprint density at radius 3 is 2.50 bits per heavy atom. The lowest BCUT2D eigenvalue weighted by Gasteiger charge is -2.31. The Morgan fingerprint density at radius 1 is 1.15 bits per heavy atom. The molecule has 0 aromatic heterocycles. The molecular formula is C19H25N3O4. The normalized spacial score (nSPS) is 16.3. The number of fused-ring (bicyclic) bond motifs is 1. The van der Waals surface area contributed by atoms with Crippen molar-refractivity contribution in [3.05, 3.63) is 23.8 Å². The second-order valence-electron chi connectivity index (χ2n) is 6.52. The van der Waals surface area contributed by atoms with Gasteiger partial charge in [-0.2, -0.15) is 0 Å². The summed E-state index contributed by atoms with van der Waals surface area (Å²) in [6, 6.07) is 5.10. The summed E-state index contributed by atoms with van der Waals surface area (Å²) in [6.07, 6.45) is 2.03. The lowest BCUT2D eigenvalue weighted by Crippen LogP contribution is -2.46. The van der Waals surface area contributed by atoms with E-state index >= 15 is 0 Å². The summed E-state index contributed by atoms with van der Waals surface area (Å²) < 4.78 is 5.48. The van der Waals surface area contributed by atoms with Crippen molar-refractivity contribution in [3.8, 4) is 5.75 Å². The van der Waals surface area contributed by atoms with Crippen LogP contribution in [0.5, 0.6) is 5.75 Å².